The smallest absolute Gasteiger partial charge is 0.198 e. The van der Waals surface area contributed by atoms with Crippen LogP contribution in [0.2, 0.25) is 0 Å². The number of hydrogen-bond acceptors (Lipinski definition) is 3. The van der Waals surface area contributed by atoms with Crippen LogP contribution in [0.3, 0.4) is 0 Å². The van der Waals surface area contributed by atoms with Gasteiger partial charge in [0.05, 0.1) is 11.3 Å². The van der Waals surface area contributed by atoms with E-state index in [9.17, 15) is 4.79 Å². The molecule has 0 spiro atoms. The van der Waals surface area contributed by atoms with E-state index in [1.54, 1.807) is 23.9 Å². The van der Waals surface area contributed by atoms with Gasteiger partial charge < -0.3 is 5.73 Å². The van der Waals surface area contributed by atoms with E-state index in [0.29, 0.717) is 23.4 Å². The number of benzene rings is 1. The molecule has 0 aliphatic heterocycles. The molecule has 0 aliphatic carbocycles. The normalized spacial score (nSPS) is 10.5. The minimum Gasteiger partial charge on any atom is -0.383 e. The molecule has 2 N–H and O–H groups in total. The first-order chi connectivity index (χ1) is 8.15. The first-order valence-corrected chi connectivity index (χ1v) is 5.56. The maximum Gasteiger partial charge on any atom is 0.198 e. The molecule has 0 radical (unpaired) electrons. The highest BCUT2D eigenvalue weighted by Gasteiger charge is 2.20. The summed E-state index contributed by atoms with van der Waals surface area (Å²) in [6, 6.07) is 9.13. The molecule has 0 saturated heterocycles. The van der Waals surface area contributed by atoms with Gasteiger partial charge in [0.2, 0.25) is 0 Å². The highest BCUT2D eigenvalue weighted by Crippen LogP contribution is 2.20. The quantitative estimate of drug-likeness (QED) is 0.816. The lowest BCUT2D eigenvalue weighted by atomic mass is 10.0. The van der Waals surface area contributed by atoms with E-state index in [4.69, 9.17) is 5.73 Å². The van der Waals surface area contributed by atoms with Crippen LogP contribution in [0.5, 0.6) is 0 Å². The predicted molar refractivity (Wildman–Crippen MR) is 66.9 cm³/mol. The number of aromatic nitrogens is 2. The molecule has 2 aromatic rings. The van der Waals surface area contributed by atoms with Crippen molar-refractivity contribution in [1.82, 2.24) is 9.78 Å². The van der Waals surface area contributed by atoms with E-state index in [0.717, 1.165) is 5.69 Å². The van der Waals surface area contributed by atoms with E-state index in [1.165, 1.54) is 0 Å². The molecular weight excluding hydrogens is 214 g/mol. The number of carbonyl (C=O) groups excluding carboxylic acids is 1. The van der Waals surface area contributed by atoms with Crippen molar-refractivity contribution in [2.45, 2.75) is 13.3 Å². The molecule has 0 unspecified atom stereocenters. The molecular formula is C13H15N3O. The Labute approximate surface area is 100 Å². The molecule has 0 fully saturated rings. The topological polar surface area (TPSA) is 60.9 Å². The van der Waals surface area contributed by atoms with Gasteiger partial charge in [-0.05, 0) is 6.42 Å². The fourth-order valence-electron chi connectivity index (χ4n) is 1.82. The Morgan fingerprint density at radius 2 is 2.00 bits per heavy atom. The lowest BCUT2D eigenvalue weighted by Crippen LogP contribution is -2.07. The standard InChI is InChI=1S/C13H15N3O/c1-3-10-11(13(14)16(2)15-10)12(17)9-7-5-4-6-8-9/h4-8H,3,14H2,1-2H3. The van der Waals surface area contributed by atoms with Gasteiger partial charge in [0.15, 0.2) is 5.78 Å². The Morgan fingerprint density at radius 1 is 1.35 bits per heavy atom. The maximum absolute atomic E-state index is 12.3. The van der Waals surface area contributed by atoms with Gasteiger partial charge in [0.25, 0.3) is 0 Å². The molecule has 0 bridgehead atoms. The fourth-order valence-corrected chi connectivity index (χ4v) is 1.82. The first-order valence-electron chi connectivity index (χ1n) is 5.56. The van der Waals surface area contributed by atoms with Crippen LogP contribution in [-0.2, 0) is 13.5 Å². The molecule has 0 aliphatic rings. The van der Waals surface area contributed by atoms with Crippen LogP contribution in [0.4, 0.5) is 5.82 Å². The molecule has 1 aromatic carbocycles. The van der Waals surface area contributed by atoms with Crippen molar-refractivity contribution in [3.05, 3.63) is 47.2 Å². The van der Waals surface area contributed by atoms with Gasteiger partial charge in [-0.1, -0.05) is 37.3 Å². The average Bonchev–Trinajstić information content (AvgIpc) is 2.65. The monoisotopic (exact) mass is 229 g/mol. The minimum atomic E-state index is -0.0620. The summed E-state index contributed by atoms with van der Waals surface area (Å²) in [6.45, 7) is 1.96. The van der Waals surface area contributed by atoms with Gasteiger partial charge in [-0.3, -0.25) is 9.48 Å². The summed E-state index contributed by atoms with van der Waals surface area (Å²) in [7, 11) is 1.75. The molecule has 2 rings (SSSR count). The number of hydrogen-bond donors (Lipinski definition) is 1. The van der Waals surface area contributed by atoms with Crippen LogP contribution >= 0.6 is 0 Å². The van der Waals surface area contributed by atoms with E-state index in [1.807, 2.05) is 25.1 Å². The van der Waals surface area contributed by atoms with Crippen LogP contribution in [0.25, 0.3) is 0 Å². The Bertz CT molecular complexity index is 543. The Hall–Kier alpha value is -2.10. The molecule has 1 aromatic heterocycles. The Morgan fingerprint density at radius 3 is 2.59 bits per heavy atom. The van der Waals surface area contributed by atoms with E-state index < -0.39 is 0 Å². The lowest BCUT2D eigenvalue weighted by Gasteiger charge is -2.01. The molecule has 0 atom stereocenters. The van der Waals surface area contributed by atoms with Gasteiger partial charge >= 0.3 is 0 Å². The van der Waals surface area contributed by atoms with Crippen molar-refractivity contribution in [3.8, 4) is 0 Å². The maximum atomic E-state index is 12.3. The van der Waals surface area contributed by atoms with Crippen molar-refractivity contribution < 1.29 is 4.79 Å². The molecule has 88 valence electrons. The van der Waals surface area contributed by atoms with E-state index in [2.05, 4.69) is 5.10 Å². The number of nitrogens with zero attached hydrogens (tertiary/aromatic N) is 2. The number of nitrogen functional groups attached to an aromatic ring is 1. The number of aryl methyl sites for hydroxylation is 2. The fraction of sp³-hybridized carbons (Fsp3) is 0.231. The lowest BCUT2D eigenvalue weighted by molar-refractivity contribution is 0.103. The first kappa shape index (κ1) is 11.4. The third kappa shape index (κ3) is 1.93. The van der Waals surface area contributed by atoms with Crippen LogP contribution in [-0.4, -0.2) is 15.6 Å². The van der Waals surface area contributed by atoms with Crippen LogP contribution in [0.15, 0.2) is 30.3 Å². The second kappa shape index (κ2) is 4.41. The van der Waals surface area contributed by atoms with Crippen molar-refractivity contribution in [2.75, 3.05) is 5.73 Å². The summed E-state index contributed by atoms with van der Waals surface area (Å²) in [5.41, 5.74) is 7.82. The van der Waals surface area contributed by atoms with Crippen molar-refractivity contribution in [1.29, 1.82) is 0 Å². The SMILES string of the molecule is CCc1nn(C)c(N)c1C(=O)c1ccccc1. The van der Waals surface area contributed by atoms with Crippen molar-refractivity contribution >= 4 is 11.6 Å². The highest BCUT2D eigenvalue weighted by atomic mass is 16.1. The molecule has 0 amide bonds. The van der Waals surface area contributed by atoms with Gasteiger partial charge in [0, 0.05) is 12.6 Å². The number of nitrogens with two attached hydrogens (primary N) is 1. The largest absolute Gasteiger partial charge is 0.383 e. The minimum absolute atomic E-state index is 0.0620. The predicted octanol–water partition coefficient (Wildman–Crippen LogP) is 1.80. The molecule has 4 heteroatoms. The third-order valence-corrected chi connectivity index (χ3v) is 2.76. The van der Waals surface area contributed by atoms with Crippen LogP contribution in [0, 0.1) is 0 Å². The zero-order valence-electron chi connectivity index (χ0n) is 9.97. The zero-order chi connectivity index (χ0) is 12.4. The summed E-state index contributed by atoms with van der Waals surface area (Å²) in [4.78, 5) is 12.3. The summed E-state index contributed by atoms with van der Waals surface area (Å²) in [5, 5.41) is 4.25. The summed E-state index contributed by atoms with van der Waals surface area (Å²) < 4.78 is 1.55. The average molecular weight is 229 g/mol. The third-order valence-electron chi connectivity index (χ3n) is 2.76. The number of rotatable bonds is 3. The van der Waals surface area contributed by atoms with Gasteiger partial charge in [0.1, 0.15) is 5.82 Å². The van der Waals surface area contributed by atoms with Gasteiger partial charge in [-0.15, -0.1) is 0 Å². The Kier molecular flexibility index (Phi) is 2.95. The molecule has 1 heterocycles. The second-order valence-corrected chi connectivity index (χ2v) is 3.88. The van der Waals surface area contributed by atoms with E-state index in [-0.39, 0.29) is 5.78 Å². The number of ketones is 1. The number of carbonyl (C=O) groups is 1. The molecule has 17 heavy (non-hydrogen) atoms. The molecule has 4 nitrogen and oxygen atoms in total. The van der Waals surface area contributed by atoms with E-state index >= 15 is 0 Å². The van der Waals surface area contributed by atoms with Gasteiger partial charge in [-0.25, -0.2) is 0 Å². The Balaban J connectivity index is 2.51. The molecule has 0 saturated carbocycles. The van der Waals surface area contributed by atoms with Crippen molar-refractivity contribution in [3.63, 3.8) is 0 Å². The number of anilines is 1. The summed E-state index contributed by atoms with van der Waals surface area (Å²) in [6.07, 6.45) is 0.693. The van der Waals surface area contributed by atoms with Crippen LogP contribution < -0.4 is 5.73 Å². The second-order valence-electron chi connectivity index (χ2n) is 3.88. The van der Waals surface area contributed by atoms with Gasteiger partial charge in [-0.2, -0.15) is 5.10 Å². The zero-order valence-corrected chi connectivity index (χ0v) is 9.97. The van der Waals surface area contributed by atoms with Crippen molar-refractivity contribution in [2.24, 2.45) is 7.05 Å². The highest BCUT2D eigenvalue weighted by molar-refractivity contribution is 6.12. The summed E-state index contributed by atoms with van der Waals surface area (Å²) >= 11 is 0. The summed E-state index contributed by atoms with van der Waals surface area (Å²) in [5.74, 6) is 0.365. The van der Waals surface area contributed by atoms with Crippen LogP contribution in [0.1, 0.15) is 28.5 Å².